The maximum Gasteiger partial charge on any atom is 0.336 e. The Bertz CT molecular complexity index is 963. The Kier molecular flexibility index (Phi) is 6.13. The first kappa shape index (κ1) is 18.5. The van der Waals surface area contributed by atoms with Crippen molar-refractivity contribution >= 4 is 35.5 Å². The first-order chi connectivity index (χ1) is 13.1. The second-order valence-corrected chi connectivity index (χ2v) is 6.05. The standard InChI is InChI=1S/C22H15ClFNO2/c23-18-6-1-16(2-7-18)5-14-22(26)27-21-12-3-17(4-13-21)15-25-20-10-8-19(24)9-11-20/h1-15H/b14-5+,25-15?. The molecule has 3 aromatic rings. The summed E-state index contributed by atoms with van der Waals surface area (Å²) >= 11 is 5.82. The molecule has 3 aromatic carbocycles. The zero-order valence-electron chi connectivity index (χ0n) is 14.2. The molecular weight excluding hydrogens is 365 g/mol. The third-order valence-electron chi connectivity index (χ3n) is 3.57. The Morgan fingerprint density at radius 3 is 2.19 bits per heavy atom. The number of ether oxygens (including phenoxy) is 1. The molecule has 0 saturated carbocycles. The lowest BCUT2D eigenvalue weighted by atomic mass is 10.2. The van der Waals surface area contributed by atoms with Crippen LogP contribution in [0.5, 0.6) is 5.75 Å². The minimum Gasteiger partial charge on any atom is -0.423 e. The minimum atomic E-state index is -0.474. The average molecular weight is 380 g/mol. The molecule has 0 aliphatic rings. The molecule has 3 rings (SSSR count). The Morgan fingerprint density at radius 1 is 0.889 bits per heavy atom. The fourth-order valence-electron chi connectivity index (χ4n) is 2.19. The molecule has 0 aliphatic carbocycles. The summed E-state index contributed by atoms with van der Waals surface area (Å²) in [5, 5.41) is 0.637. The van der Waals surface area contributed by atoms with Gasteiger partial charge in [-0.1, -0.05) is 23.7 Å². The van der Waals surface area contributed by atoms with Gasteiger partial charge in [0.1, 0.15) is 11.6 Å². The minimum absolute atomic E-state index is 0.301. The van der Waals surface area contributed by atoms with Crippen LogP contribution in [0, 0.1) is 5.82 Å². The highest BCUT2D eigenvalue weighted by molar-refractivity contribution is 6.30. The van der Waals surface area contributed by atoms with E-state index in [-0.39, 0.29) is 5.82 Å². The van der Waals surface area contributed by atoms with Gasteiger partial charge < -0.3 is 4.74 Å². The van der Waals surface area contributed by atoms with Crippen LogP contribution in [-0.4, -0.2) is 12.2 Å². The average Bonchev–Trinajstić information content (AvgIpc) is 2.68. The van der Waals surface area contributed by atoms with Crippen LogP contribution in [0.1, 0.15) is 11.1 Å². The number of rotatable bonds is 5. The van der Waals surface area contributed by atoms with E-state index in [9.17, 15) is 9.18 Å². The summed E-state index contributed by atoms with van der Waals surface area (Å²) < 4.78 is 18.1. The van der Waals surface area contributed by atoms with Gasteiger partial charge in [0.05, 0.1) is 5.69 Å². The summed E-state index contributed by atoms with van der Waals surface area (Å²) in [5.74, 6) is -0.345. The lowest BCUT2D eigenvalue weighted by Gasteiger charge is -2.02. The topological polar surface area (TPSA) is 38.7 Å². The molecule has 0 unspecified atom stereocenters. The highest BCUT2D eigenvalue weighted by Gasteiger charge is 2.01. The van der Waals surface area contributed by atoms with Crippen LogP contribution in [0.2, 0.25) is 5.02 Å². The monoisotopic (exact) mass is 379 g/mol. The second kappa shape index (κ2) is 8.92. The first-order valence-corrected chi connectivity index (χ1v) is 8.51. The Hall–Kier alpha value is -3.24. The Labute approximate surface area is 161 Å². The molecule has 0 spiro atoms. The maximum absolute atomic E-state index is 12.9. The summed E-state index contributed by atoms with van der Waals surface area (Å²) in [7, 11) is 0. The fraction of sp³-hybridized carbons (Fsp3) is 0. The zero-order valence-corrected chi connectivity index (χ0v) is 14.9. The highest BCUT2D eigenvalue weighted by Crippen LogP contribution is 2.15. The number of carbonyl (C=O) groups excluding carboxylic acids is 1. The van der Waals surface area contributed by atoms with Crippen LogP contribution in [0.4, 0.5) is 10.1 Å². The van der Waals surface area contributed by atoms with Crippen molar-refractivity contribution in [2.24, 2.45) is 4.99 Å². The van der Waals surface area contributed by atoms with Crippen molar-refractivity contribution in [2.75, 3.05) is 0 Å². The van der Waals surface area contributed by atoms with Gasteiger partial charge in [0.25, 0.3) is 0 Å². The number of halogens is 2. The molecule has 0 saturated heterocycles. The molecule has 0 N–H and O–H groups in total. The lowest BCUT2D eigenvalue weighted by Crippen LogP contribution is -2.03. The number of nitrogens with zero attached hydrogens (tertiary/aromatic N) is 1. The SMILES string of the molecule is O=C(/C=C/c1ccc(Cl)cc1)Oc1ccc(C=Nc2ccc(F)cc2)cc1. The molecule has 134 valence electrons. The van der Waals surface area contributed by atoms with E-state index in [2.05, 4.69) is 4.99 Å². The number of carbonyl (C=O) groups is 1. The summed E-state index contributed by atoms with van der Waals surface area (Å²) in [6.45, 7) is 0. The van der Waals surface area contributed by atoms with Gasteiger partial charge in [-0.2, -0.15) is 0 Å². The molecule has 0 aromatic heterocycles. The Balaban J connectivity index is 1.57. The van der Waals surface area contributed by atoms with Gasteiger partial charge in [-0.25, -0.2) is 9.18 Å². The van der Waals surface area contributed by atoms with Crippen molar-refractivity contribution < 1.29 is 13.9 Å². The van der Waals surface area contributed by atoms with Crippen LogP contribution < -0.4 is 4.74 Å². The van der Waals surface area contributed by atoms with Crippen LogP contribution in [0.3, 0.4) is 0 Å². The van der Waals surface area contributed by atoms with Crippen LogP contribution in [0.25, 0.3) is 6.08 Å². The molecule has 0 atom stereocenters. The van der Waals surface area contributed by atoms with Crippen LogP contribution >= 0.6 is 11.6 Å². The molecule has 0 aliphatic heterocycles. The predicted molar refractivity (Wildman–Crippen MR) is 106 cm³/mol. The van der Waals surface area contributed by atoms with Gasteiger partial charge in [0.2, 0.25) is 0 Å². The fourth-order valence-corrected chi connectivity index (χ4v) is 2.31. The summed E-state index contributed by atoms with van der Waals surface area (Å²) in [6.07, 6.45) is 4.66. The maximum atomic E-state index is 12.9. The largest absolute Gasteiger partial charge is 0.423 e. The third-order valence-corrected chi connectivity index (χ3v) is 3.82. The number of esters is 1. The molecule has 0 radical (unpaired) electrons. The number of benzene rings is 3. The lowest BCUT2D eigenvalue weighted by molar-refractivity contribution is -0.128. The van der Waals surface area contributed by atoms with Gasteiger partial charge in [-0.05, 0) is 77.9 Å². The van der Waals surface area contributed by atoms with E-state index >= 15 is 0 Å². The van der Waals surface area contributed by atoms with E-state index in [1.807, 2.05) is 0 Å². The normalized spacial score (nSPS) is 11.2. The van der Waals surface area contributed by atoms with E-state index in [0.29, 0.717) is 16.5 Å². The number of hydrogen-bond donors (Lipinski definition) is 0. The van der Waals surface area contributed by atoms with Crippen molar-refractivity contribution in [3.05, 3.63) is 101 Å². The van der Waals surface area contributed by atoms with Gasteiger partial charge in [0, 0.05) is 17.3 Å². The molecule has 5 heteroatoms. The van der Waals surface area contributed by atoms with Crippen molar-refractivity contribution in [3.8, 4) is 5.75 Å². The summed E-state index contributed by atoms with van der Waals surface area (Å²) in [6, 6.07) is 19.9. The van der Waals surface area contributed by atoms with E-state index < -0.39 is 5.97 Å². The van der Waals surface area contributed by atoms with E-state index in [0.717, 1.165) is 11.1 Å². The molecule has 3 nitrogen and oxygen atoms in total. The molecular formula is C22H15ClFNO2. The van der Waals surface area contributed by atoms with Crippen LogP contribution in [-0.2, 0) is 4.79 Å². The van der Waals surface area contributed by atoms with E-state index in [4.69, 9.17) is 16.3 Å². The first-order valence-electron chi connectivity index (χ1n) is 8.14. The predicted octanol–water partition coefficient (Wildman–Crippen LogP) is 5.85. The highest BCUT2D eigenvalue weighted by atomic mass is 35.5. The second-order valence-electron chi connectivity index (χ2n) is 5.61. The van der Waals surface area contributed by atoms with Gasteiger partial charge in [-0.3, -0.25) is 4.99 Å². The zero-order chi connectivity index (χ0) is 19.1. The molecule has 0 amide bonds. The van der Waals surface area contributed by atoms with Crippen LogP contribution in [0.15, 0.2) is 83.9 Å². The molecule has 27 heavy (non-hydrogen) atoms. The smallest absolute Gasteiger partial charge is 0.336 e. The number of aliphatic imine (C=N–C) groups is 1. The van der Waals surface area contributed by atoms with Crippen molar-refractivity contribution in [2.45, 2.75) is 0 Å². The van der Waals surface area contributed by atoms with Gasteiger partial charge >= 0.3 is 5.97 Å². The molecule has 0 fully saturated rings. The third kappa shape index (κ3) is 5.90. The van der Waals surface area contributed by atoms with Gasteiger partial charge in [0.15, 0.2) is 0 Å². The van der Waals surface area contributed by atoms with E-state index in [1.54, 1.807) is 73.0 Å². The molecule has 0 bridgehead atoms. The quantitative estimate of drug-likeness (QED) is 0.241. The summed E-state index contributed by atoms with van der Waals surface area (Å²) in [5.41, 5.74) is 2.33. The number of hydrogen-bond acceptors (Lipinski definition) is 3. The summed E-state index contributed by atoms with van der Waals surface area (Å²) in [4.78, 5) is 16.1. The van der Waals surface area contributed by atoms with Gasteiger partial charge in [-0.15, -0.1) is 0 Å². The van der Waals surface area contributed by atoms with Crippen molar-refractivity contribution in [1.82, 2.24) is 0 Å². The Morgan fingerprint density at radius 2 is 1.52 bits per heavy atom. The van der Waals surface area contributed by atoms with E-state index in [1.165, 1.54) is 18.2 Å². The van der Waals surface area contributed by atoms with Crippen molar-refractivity contribution in [3.63, 3.8) is 0 Å². The molecule has 0 heterocycles. The van der Waals surface area contributed by atoms with Crippen molar-refractivity contribution in [1.29, 1.82) is 0 Å².